The maximum atomic E-state index is 12.3. The lowest BCUT2D eigenvalue weighted by Gasteiger charge is -2.19. The van der Waals surface area contributed by atoms with E-state index in [1.165, 1.54) is 21.3 Å². The third kappa shape index (κ3) is 4.37. The number of aromatic nitrogens is 1. The summed E-state index contributed by atoms with van der Waals surface area (Å²) in [7, 11) is 4.27. The van der Waals surface area contributed by atoms with E-state index in [0.717, 1.165) is 0 Å². The first-order valence-corrected chi connectivity index (χ1v) is 7.37. The van der Waals surface area contributed by atoms with Gasteiger partial charge in [0, 0.05) is 23.4 Å². The minimum absolute atomic E-state index is 0.0281. The second-order valence-corrected chi connectivity index (χ2v) is 5.08. The van der Waals surface area contributed by atoms with Gasteiger partial charge in [-0.25, -0.2) is 4.79 Å². The summed E-state index contributed by atoms with van der Waals surface area (Å²) in [5.74, 6) is 0.125. The quantitative estimate of drug-likeness (QED) is 0.397. The van der Waals surface area contributed by atoms with Gasteiger partial charge in [0.15, 0.2) is 6.04 Å². The van der Waals surface area contributed by atoms with Crippen molar-refractivity contribution in [2.75, 3.05) is 26.6 Å². The zero-order valence-corrected chi connectivity index (χ0v) is 14.2. The highest BCUT2D eigenvalue weighted by Crippen LogP contribution is 2.27. The van der Waals surface area contributed by atoms with E-state index in [1.807, 2.05) is 0 Å². The van der Waals surface area contributed by atoms with Crippen molar-refractivity contribution < 1.29 is 19.0 Å². The molecule has 25 heavy (non-hydrogen) atoms. The number of methoxy groups -OCH3 is 3. The second kappa shape index (κ2) is 8.00. The summed E-state index contributed by atoms with van der Waals surface area (Å²) >= 11 is 0. The van der Waals surface area contributed by atoms with Crippen LogP contribution in [0.25, 0.3) is 0 Å². The predicted octanol–water partition coefficient (Wildman–Crippen LogP) is 1.71. The van der Waals surface area contributed by atoms with Gasteiger partial charge < -0.3 is 25.3 Å². The van der Waals surface area contributed by atoms with Crippen molar-refractivity contribution in [2.45, 2.75) is 6.04 Å². The molecule has 0 fully saturated rings. The number of hydrogen-bond donors (Lipinski definition) is 3. The van der Waals surface area contributed by atoms with Crippen molar-refractivity contribution in [3.63, 3.8) is 0 Å². The molecule has 0 saturated carbocycles. The molecule has 1 aromatic heterocycles. The number of pyridine rings is 1. The molecule has 0 amide bonds. The van der Waals surface area contributed by atoms with Gasteiger partial charge in [0.05, 0.1) is 21.3 Å². The smallest absolute Gasteiger partial charge is 0.332 e. The van der Waals surface area contributed by atoms with E-state index in [4.69, 9.17) is 25.4 Å². The van der Waals surface area contributed by atoms with Crippen LogP contribution in [0, 0.1) is 5.41 Å². The Kier molecular flexibility index (Phi) is 5.78. The molecular formula is C17H20N4O4. The SMILES string of the molecule is COC(=O)C(Nc1ccc(C(=N)N)cc1)c1cc(OC)nc(OC)c1. The van der Waals surface area contributed by atoms with Crippen molar-refractivity contribution in [2.24, 2.45) is 5.73 Å². The third-order valence-corrected chi connectivity index (χ3v) is 3.50. The fourth-order valence-electron chi connectivity index (χ4n) is 2.18. The molecule has 1 aromatic carbocycles. The Morgan fingerprint density at radius 2 is 1.68 bits per heavy atom. The molecule has 0 radical (unpaired) electrons. The Hall–Kier alpha value is -3.29. The number of carbonyl (C=O) groups is 1. The molecule has 2 rings (SSSR count). The lowest BCUT2D eigenvalue weighted by molar-refractivity contribution is -0.141. The standard InChI is InChI=1S/C17H20N4O4/c1-23-13-8-11(9-14(21-13)24-2)15(17(22)25-3)20-12-6-4-10(5-7-12)16(18)19/h4-9,15,20H,1-3H3,(H3,18,19). The first-order chi connectivity index (χ1) is 12.0. The molecule has 8 heteroatoms. The summed E-state index contributed by atoms with van der Waals surface area (Å²) < 4.78 is 15.2. The fourth-order valence-corrected chi connectivity index (χ4v) is 2.18. The number of benzene rings is 1. The molecule has 1 heterocycles. The van der Waals surface area contributed by atoms with Gasteiger partial charge in [-0.1, -0.05) is 0 Å². The van der Waals surface area contributed by atoms with Crippen LogP contribution < -0.4 is 20.5 Å². The largest absolute Gasteiger partial charge is 0.481 e. The minimum Gasteiger partial charge on any atom is -0.481 e. The van der Waals surface area contributed by atoms with Crippen LogP contribution >= 0.6 is 0 Å². The van der Waals surface area contributed by atoms with Crippen molar-refractivity contribution in [3.05, 3.63) is 47.5 Å². The van der Waals surface area contributed by atoms with Gasteiger partial charge in [0.2, 0.25) is 11.8 Å². The summed E-state index contributed by atoms with van der Waals surface area (Å²) in [6, 6.07) is 9.28. The van der Waals surface area contributed by atoms with Crippen molar-refractivity contribution >= 4 is 17.5 Å². The highest BCUT2D eigenvalue weighted by Gasteiger charge is 2.23. The highest BCUT2D eigenvalue weighted by molar-refractivity contribution is 5.95. The predicted molar refractivity (Wildman–Crippen MR) is 93.2 cm³/mol. The number of nitrogens with zero attached hydrogens (tertiary/aromatic N) is 1. The van der Waals surface area contributed by atoms with Gasteiger partial charge in [-0.2, -0.15) is 4.98 Å². The maximum Gasteiger partial charge on any atom is 0.332 e. The molecule has 0 aliphatic carbocycles. The number of nitrogen functional groups attached to an aromatic ring is 1. The highest BCUT2D eigenvalue weighted by atomic mass is 16.5. The Balaban J connectivity index is 2.36. The van der Waals surface area contributed by atoms with Crippen molar-refractivity contribution in [3.8, 4) is 11.8 Å². The number of hydrogen-bond acceptors (Lipinski definition) is 7. The van der Waals surface area contributed by atoms with Crippen LogP contribution in [0.3, 0.4) is 0 Å². The maximum absolute atomic E-state index is 12.3. The third-order valence-electron chi connectivity index (χ3n) is 3.50. The number of nitrogens with one attached hydrogen (secondary N) is 2. The van der Waals surface area contributed by atoms with Crippen LogP contribution in [0.2, 0.25) is 0 Å². The van der Waals surface area contributed by atoms with E-state index < -0.39 is 12.0 Å². The molecule has 2 aromatic rings. The molecule has 0 aliphatic heterocycles. The Morgan fingerprint density at radius 1 is 1.12 bits per heavy atom. The van der Waals surface area contributed by atoms with Gasteiger partial charge in [-0.3, -0.25) is 5.41 Å². The average Bonchev–Trinajstić information content (AvgIpc) is 2.65. The summed E-state index contributed by atoms with van der Waals surface area (Å²) in [6.45, 7) is 0. The molecule has 0 bridgehead atoms. The Labute approximate surface area is 145 Å². The van der Waals surface area contributed by atoms with Gasteiger partial charge in [0.25, 0.3) is 0 Å². The molecule has 4 N–H and O–H groups in total. The monoisotopic (exact) mass is 344 g/mol. The summed E-state index contributed by atoms with van der Waals surface area (Å²) in [4.78, 5) is 16.4. The lowest BCUT2D eigenvalue weighted by atomic mass is 10.1. The molecule has 1 atom stereocenters. The molecule has 132 valence electrons. The van der Waals surface area contributed by atoms with Crippen LogP contribution in [-0.2, 0) is 9.53 Å². The topological polar surface area (TPSA) is 120 Å². The van der Waals surface area contributed by atoms with Crippen LogP contribution in [0.15, 0.2) is 36.4 Å². The van der Waals surface area contributed by atoms with Gasteiger partial charge in [-0.05, 0) is 29.8 Å². The molecule has 0 spiro atoms. The van der Waals surface area contributed by atoms with E-state index in [9.17, 15) is 4.79 Å². The van der Waals surface area contributed by atoms with Gasteiger partial charge in [-0.15, -0.1) is 0 Å². The van der Waals surface area contributed by atoms with Crippen LogP contribution in [-0.4, -0.2) is 38.1 Å². The number of carbonyl (C=O) groups excluding carboxylic acids is 1. The first-order valence-electron chi connectivity index (χ1n) is 7.37. The normalized spacial score (nSPS) is 11.3. The zero-order valence-electron chi connectivity index (χ0n) is 14.2. The number of nitrogens with two attached hydrogens (primary N) is 1. The number of anilines is 1. The summed E-state index contributed by atoms with van der Waals surface area (Å²) in [5, 5.41) is 10.5. The van der Waals surface area contributed by atoms with E-state index >= 15 is 0 Å². The van der Waals surface area contributed by atoms with E-state index in [0.29, 0.717) is 28.6 Å². The number of esters is 1. The zero-order chi connectivity index (χ0) is 18.4. The summed E-state index contributed by atoms with van der Waals surface area (Å²) in [6.07, 6.45) is 0. The molecular weight excluding hydrogens is 324 g/mol. The molecule has 1 unspecified atom stereocenters. The van der Waals surface area contributed by atoms with E-state index in [2.05, 4.69) is 10.3 Å². The molecule has 0 saturated heterocycles. The molecule has 0 aliphatic rings. The average molecular weight is 344 g/mol. The fraction of sp³-hybridized carbons (Fsp3) is 0.235. The second-order valence-electron chi connectivity index (χ2n) is 5.08. The first kappa shape index (κ1) is 18.1. The summed E-state index contributed by atoms with van der Waals surface area (Å²) in [5.41, 5.74) is 7.27. The van der Waals surface area contributed by atoms with Crippen molar-refractivity contribution in [1.29, 1.82) is 5.41 Å². The minimum atomic E-state index is -0.793. The lowest BCUT2D eigenvalue weighted by Crippen LogP contribution is -2.22. The van der Waals surface area contributed by atoms with Crippen LogP contribution in [0.5, 0.6) is 11.8 Å². The Bertz CT molecular complexity index is 739. The van der Waals surface area contributed by atoms with E-state index in [-0.39, 0.29) is 5.84 Å². The van der Waals surface area contributed by atoms with Gasteiger partial charge >= 0.3 is 5.97 Å². The van der Waals surface area contributed by atoms with Gasteiger partial charge in [0.1, 0.15) is 5.84 Å². The van der Waals surface area contributed by atoms with Crippen molar-refractivity contribution in [1.82, 2.24) is 4.98 Å². The number of rotatable bonds is 7. The van der Waals surface area contributed by atoms with Crippen LogP contribution in [0.4, 0.5) is 5.69 Å². The Morgan fingerprint density at radius 3 is 2.12 bits per heavy atom. The van der Waals surface area contributed by atoms with Crippen LogP contribution in [0.1, 0.15) is 17.2 Å². The number of ether oxygens (including phenoxy) is 3. The number of amidine groups is 1. The molecule has 8 nitrogen and oxygen atoms in total. The van der Waals surface area contributed by atoms with E-state index in [1.54, 1.807) is 36.4 Å².